The molecule has 10 heteroatoms. The van der Waals surface area contributed by atoms with Gasteiger partial charge in [-0.05, 0) is 29.6 Å². The van der Waals surface area contributed by atoms with E-state index in [9.17, 15) is 13.2 Å². The van der Waals surface area contributed by atoms with E-state index in [0.29, 0.717) is 12.2 Å². The number of thiophene rings is 1. The van der Waals surface area contributed by atoms with Crippen molar-refractivity contribution in [2.45, 2.75) is 11.4 Å². The molecule has 1 N–H and O–H groups in total. The minimum Gasteiger partial charge on any atom is -0.465 e. The Bertz CT molecular complexity index is 996. The summed E-state index contributed by atoms with van der Waals surface area (Å²) in [6, 6.07) is 8.73. The highest BCUT2D eigenvalue weighted by Gasteiger charge is 2.24. The smallest absolute Gasteiger partial charge is 0.349 e. The standard InChI is InChI=1S/C16H16N4O4S2/c1-24-16(21)15-14(6-11-25-15)26(22,23)18-8-10-20-9-5-13(19-20)12-4-2-3-7-17-12/h2-7,9,11,18H,8,10H2,1H3. The molecule has 8 nitrogen and oxygen atoms in total. The first-order valence-corrected chi connectivity index (χ1v) is 9.98. The van der Waals surface area contributed by atoms with Gasteiger partial charge in [-0.3, -0.25) is 9.67 Å². The van der Waals surface area contributed by atoms with Crippen molar-refractivity contribution in [1.29, 1.82) is 0 Å². The number of aromatic nitrogens is 3. The summed E-state index contributed by atoms with van der Waals surface area (Å²) in [5, 5.41) is 5.90. The number of rotatable bonds is 7. The fourth-order valence-corrected chi connectivity index (χ4v) is 4.61. The number of hydrogen-bond acceptors (Lipinski definition) is 7. The molecule has 0 saturated heterocycles. The molecule has 136 valence electrons. The Morgan fingerprint density at radius 2 is 2.12 bits per heavy atom. The second-order valence-corrected chi connectivity index (χ2v) is 7.83. The van der Waals surface area contributed by atoms with E-state index in [1.165, 1.54) is 18.6 Å². The quantitative estimate of drug-likeness (QED) is 0.615. The number of carbonyl (C=O) groups excluding carboxylic acids is 1. The van der Waals surface area contributed by atoms with Gasteiger partial charge in [-0.2, -0.15) is 5.10 Å². The Labute approximate surface area is 154 Å². The third-order valence-corrected chi connectivity index (χ3v) is 6.02. The molecule has 0 spiro atoms. The zero-order chi connectivity index (χ0) is 18.6. The van der Waals surface area contributed by atoms with Crippen LogP contribution in [0.25, 0.3) is 11.4 Å². The van der Waals surface area contributed by atoms with Gasteiger partial charge in [0.25, 0.3) is 0 Å². The van der Waals surface area contributed by atoms with Gasteiger partial charge in [0.15, 0.2) is 0 Å². The molecule has 3 aromatic rings. The Balaban J connectivity index is 1.64. The van der Waals surface area contributed by atoms with Crippen LogP contribution >= 0.6 is 11.3 Å². The van der Waals surface area contributed by atoms with Crippen LogP contribution in [0.5, 0.6) is 0 Å². The molecule has 0 fully saturated rings. The number of nitrogens with one attached hydrogen (secondary N) is 1. The highest BCUT2D eigenvalue weighted by molar-refractivity contribution is 7.89. The van der Waals surface area contributed by atoms with Crippen LogP contribution in [0.2, 0.25) is 0 Å². The van der Waals surface area contributed by atoms with Crippen molar-refractivity contribution in [2.75, 3.05) is 13.7 Å². The molecule has 3 aromatic heterocycles. The molecule has 3 rings (SSSR count). The van der Waals surface area contributed by atoms with Gasteiger partial charge in [-0.25, -0.2) is 17.9 Å². The van der Waals surface area contributed by atoms with E-state index in [1.807, 2.05) is 24.3 Å². The summed E-state index contributed by atoms with van der Waals surface area (Å²) in [7, 11) is -2.60. The minimum atomic E-state index is -3.81. The molecule has 0 aliphatic rings. The normalized spacial score (nSPS) is 11.4. The van der Waals surface area contributed by atoms with E-state index in [4.69, 9.17) is 0 Å². The summed E-state index contributed by atoms with van der Waals surface area (Å²) in [6.45, 7) is 0.464. The third kappa shape index (κ3) is 3.98. The van der Waals surface area contributed by atoms with Crippen LogP contribution in [0, 0.1) is 0 Å². The van der Waals surface area contributed by atoms with Gasteiger partial charge in [0.2, 0.25) is 10.0 Å². The van der Waals surface area contributed by atoms with Gasteiger partial charge in [-0.15, -0.1) is 11.3 Å². The van der Waals surface area contributed by atoms with Crippen molar-refractivity contribution in [2.24, 2.45) is 0 Å². The van der Waals surface area contributed by atoms with Crippen LogP contribution in [-0.2, 0) is 21.3 Å². The van der Waals surface area contributed by atoms with Gasteiger partial charge < -0.3 is 4.74 Å². The molecule has 0 atom stereocenters. The van der Waals surface area contributed by atoms with Crippen LogP contribution < -0.4 is 4.72 Å². The Morgan fingerprint density at radius 1 is 1.27 bits per heavy atom. The summed E-state index contributed by atoms with van der Waals surface area (Å²) in [5.74, 6) is -0.674. The molecular formula is C16H16N4O4S2. The fourth-order valence-electron chi connectivity index (χ4n) is 2.26. The predicted molar refractivity (Wildman–Crippen MR) is 96.3 cm³/mol. The number of carbonyl (C=O) groups is 1. The number of sulfonamides is 1. The molecule has 0 aliphatic heterocycles. The van der Waals surface area contributed by atoms with Crippen molar-refractivity contribution >= 4 is 27.3 Å². The molecule has 0 amide bonds. The Morgan fingerprint density at radius 3 is 2.85 bits per heavy atom. The lowest BCUT2D eigenvalue weighted by atomic mass is 10.3. The molecule has 3 heterocycles. The predicted octanol–water partition coefficient (Wildman–Crippen LogP) is 1.77. The molecule has 0 aromatic carbocycles. The molecular weight excluding hydrogens is 376 g/mol. The summed E-state index contributed by atoms with van der Waals surface area (Å²) in [6.07, 6.45) is 3.44. The zero-order valence-electron chi connectivity index (χ0n) is 13.8. The van der Waals surface area contributed by atoms with Crippen LogP contribution in [0.4, 0.5) is 0 Å². The second-order valence-electron chi connectivity index (χ2n) is 5.18. The van der Waals surface area contributed by atoms with Crippen molar-refractivity contribution in [3.05, 3.63) is 53.0 Å². The highest BCUT2D eigenvalue weighted by Crippen LogP contribution is 2.22. The van der Waals surface area contributed by atoms with Crippen molar-refractivity contribution in [3.8, 4) is 11.4 Å². The van der Waals surface area contributed by atoms with E-state index in [-0.39, 0.29) is 16.3 Å². The number of methoxy groups -OCH3 is 1. The summed E-state index contributed by atoms with van der Waals surface area (Å²) >= 11 is 1.02. The van der Waals surface area contributed by atoms with Gasteiger partial charge in [0.1, 0.15) is 15.5 Å². The maximum Gasteiger partial charge on any atom is 0.349 e. The van der Waals surface area contributed by atoms with Gasteiger partial charge >= 0.3 is 5.97 Å². The topological polar surface area (TPSA) is 103 Å². The minimum absolute atomic E-state index is 0.0523. The number of nitrogens with zero attached hydrogens (tertiary/aromatic N) is 3. The zero-order valence-corrected chi connectivity index (χ0v) is 15.5. The number of esters is 1. The Kier molecular flexibility index (Phi) is 5.45. The SMILES string of the molecule is COC(=O)c1sccc1S(=O)(=O)NCCn1ccc(-c2ccccn2)n1. The average Bonchev–Trinajstić information content (AvgIpc) is 3.31. The molecule has 26 heavy (non-hydrogen) atoms. The lowest BCUT2D eigenvalue weighted by Gasteiger charge is -2.07. The maximum absolute atomic E-state index is 12.4. The number of hydrogen-bond donors (Lipinski definition) is 1. The van der Waals surface area contributed by atoms with E-state index >= 15 is 0 Å². The average molecular weight is 392 g/mol. The summed E-state index contributed by atoms with van der Waals surface area (Å²) in [4.78, 5) is 15.8. The first-order chi connectivity index (χ1) is 12.5. The number of pyridine rings is 1. The first-order valence-electron chi connectivity index (χ1n) is 7.61. The van der Waals surface area contributed by atoms with Gasteiger partial charge in [-0.1, -0.05) is 6.07 Å². The lowest BCUT2D eigenvalue weighted by molar-refractivity contribution is 0.0602. The third-order valence-electron chi connectivity index (χ3n) is 3.49. The van der Waals surface area contributed by atoms with Crippen LogP contribution in [0.1, 0.15) is 9.67 Å². The Hall–Kier alpha value is -2.56. The fraction of sp³-hybridized carbons (Fsp3) is 0.188. The van der Waals surface area contributed by atoms with Crippen LogP contribution in [0.15, 0.2) is 53.0 Å². The highest BCUT2D eigenvalue weighted by atomic mass is 32.2. The van der Waals surface area contributed by atoms with Gasteiger partial charge in [0, 0.05) is 18.9 Å². The van der Waals surface area contributed by atoms with Crippen LogP contribution in [-0.4, -0.2) is 42.8 Å². The lowest BCUT2D eigenvalue weighted by Crippen LogP contribution is -2.28. The maximum atomic E-state index is 12.4. The summed E-state index contributed by atoms with van der Waals surface area (Å²) < 4.78 is 33.5. The molecule has 0 saturated carbocycles. The van der Waals surface area contributed by atoms with Crippen LogP contribution in [0.3, 0.4) is 0 Å². The monoisotopic (exact) mass is 392 g/mol. The molecule has 0 bridgehead atoms. The van der Waals surface area contributed by atoms with E-state index < -0.39 is 16.0 Å². The van der Waals surface area contributed by atoms with Gasteiger partial charge in [0.05, 0.1) is 19.3 Å². The molecule has 0 unspecified atom stereocenters. The largest absolute Gasteiger partial charge is 0.465 e. The summed E-state index contributed by atoms with van der Waals surface area (Å²) in [5.41, 5.74) is 1.45. The van der Waals surface area contributed by atoms with Crippen molar-refractivity contribution in [1.82, 2.24) is 19.5 Å². The van der Waals surface area contributed by atoms with E-state index in [1.54, 1.807) is 17.1 Å². The second kappa shape index (κ2) is 7.77. The molecule has 0 radical (unpaired) electrons. The van der Waals surface area contributed by atoms with E-state index in [2.05, 4.69) is 19.5 Å². The number of ether oxygens (including phenoxy) is 1. The van der Waals surface area contributed by atoms with Crippen molar-refractivity contribution < 1.29 is 17.9 Å². The molecule has 0 aliphatic carbocycles. The first kappa shape index (κ1) is 18.2. The van der Waals surface area contributed by atoms with E-state index in [0.717, 1.165) is 17.0 Å². The van der Waals surface area contributed by atoms with Crippen molar-refractivity contribution in [3.63, 3.8) is 0 Å².